The zero-order chi connectivity index (χ0) is 6.41. The van der Waals surface area contributed by atoms with E-state index in [0.29, 0.717) is 13.2 Å². The predicted molar refractivity (Wildman–Crippen MR) is 34.5 cm³/mol. The van der Waals surface area contributed by atoms with Gasteiger partial charge in [-0.25, -0.2) is 0 Å². The molecule has 0 unspecified atom stereocenters. The normalized spacial score (nSPS) is 8.62. The van der Waals surface area contributed by atoms with E-state index in [1.807, 2.05) is 6.92 Å². The summed E-state index contributed by atoms with van der Waals surface area (Å²) in [5.74, 6) is 0. The van der Waals surface area contributed by atoms with Crippen molar-refractivity contribution in [1.29, 1.82) is 0 Å². The van der Waals surface area contributed by atoms with Crippen molar-refractivity contribution in [2.75, 3.05) is 13.2 Å². The van der Waals surface area contributed by atoms with Gasteiger partial charge in [0, 0.05) is 0 Å². The fourth-order valence-electron chi connectivity index (χ4n) is 0.301. The maximum absolute atomic E-state index is 5.04. The molecule has 1 radical (unpaired) electrons. The van der Waals surface area contributed by atoms with Crippen LogP contribution in [0.1, 0.15) is 6.92 Å². The van der Waals surface area contributed by atoms with Gasteiger partial charge < -0.3 is 4.74 Å². The first-order valence-corrected chi connectivity index (χ1v) is 2.53. The van der Waals surface area contributed by atoms with Crippen molar-refractivity contribution in [2.24, 2.45) is 0 Å². The smallest absolute Gasteiger partial charge is 0.0675 e. The molecule has 1 nitrogen and oxygen atoms in total. The Morgan fingerprint density at radius 1 is 1.88 bits per heavy atom. The molecule has 0 aliphatic rings. The van der Waals surface area contributed by atoms with Crippen LogP contribution >= 0.6 is 0 Å². The Bertz CT molecular complexity index is 84.4. The van der Waals surface area contributed by atoms with Crippen molar-refractivity contribution in [3.63, 3.8) is 0 Å². The van der Waals surface area contributed by atoms with Gasteiger partial charge in [-0.1, -0.05) is 24.8 Å². The third-order valence-electron chi connectivity index (χ3n) is 0.563. The van der Waals surface area contributed by atoms with Crippen LogP contribution in [-0.2, 0) is 4.74 Å². The molecule has 0 aliphatic heterocycles. The van der Waals surface area contributed by atoms with Crippen molar-refractivity contribution in [2.45, 2.75) is 6.92 Å². The van der Waals surface area contributed by atoms with Gasteiger partial charge in [-0.2, -0.15) is 0 Å². The Hall–Kier alpha value is -0.560. The van der Waals surface area contributed by atoms with E-state index in [0.717, 1.165) is 5.57 Å². The predicted octanol–water partition coefficient (Wildman–Crippen LogP) is 1.57. The van der Waals surface area contributed by atoms with Crippen molar-refractivity contribution in [3.05, 3.63) is 24.8 Å². The van der Waals surface area contributed by atoms with E-state index in [4.69, 9.17) is 11.3 Å². The van der Waals surface area contributed by atoms with Crippen LogP contribution in [0, 0.1) is 6.58 Å². The van der Waals surface area contributed by atoms with E-state index >= 15 is 0 Å². The van der Waals surface area contributed by atoms with E-state index in [9.17, 15) is 0 Å². The van der Waals surface area contributed by atoms with Crippen LogP contribution in [0.15, 0.2) is 18.2 Å². The van der Waals surface area contributed by atoms with Gasteiger partial charge in [0.05, 0.1) is 13.2 Å². The lowest BCUT2D eigenvalue weighted by Crippen LogP contribution is -1.93. The molecule has 0 saturated heterocycles. The number of hydrogen-bond acceptors (Lipinski definition) is 1. The molecule has 8 heavy (non-hydrogen) atoms. The van der Waals surface area contributed by atoms with E-state index in [-0.39, 0.29) is 0 Å². The first-order valence-electron chi connectivity index (χ1n) is 2.53. The molecule has 0 rings (SSSR count). The molecule has 0 aromatic heterocycles. The lowest BCUT2D eigenvalue weighted by molar-refractivity contribution is 0.187. The van der Waals surface area contributed by atoms with Gasteiger partial charge in [0.25, 0.3) is 0 Å². The maximum atomic E-state index is 5.04. The third kappa shape index (κ3) is 5.44. The zero-order valence-corrected chi connectivity index (χ0v) is 5.18. The maximum Gasteiger partial charge on any atom is 0.0675 e. The zero-order valence-electron chi connectivity index (χ0n) is 5.18. The lowest BCUT2D eigenvalue weighted by atomic mass is 10.4. The molecule has 1 heteroatoms. The molecule has 0 bridgehead atoms. The van der Waals surface area contributed by atoms with Crippen molar-refractivity contribution >= 4 is 0 Å². The molecular weight excluding hydrogens is 100 g/mol. The number of hydrogen-bond donors (Lipinski definition) is 0. The molecule has 0 aliphatic carbocycles. The van der Waals surface area contributed by atoms with Gasteiger partial charge in [-0.05, 0) is 6.92 Å². The summed E-state index contributed by atoms with van der Waals surface area (Å²) >= 11 is 0. The highest BCUT2D eigenvalue weighted by molar-refractivity contribution is 4.87. The second kappa shape index (κ2) is 4.60. The minimum absolute atomic E-state index is 0.507. The van der Waals surface area contributed by atoms with Crippen molar-refractivity contribution < 1.29 is 4.74 Å². The molecule has 0 aromatic carbocycles. The molecule has 0 saturated carbocycles. The van der Waals surface area contributed by atoms with Crippen LogP contribution in [0.2, 0.25) is 0 Å². The van der Waals surface area contributed by atoms with Crippen LogP contribution in [-0.4, -0.2) is 13.2 Å². The molecule has 45 valence electrons. The van der Waals surface area contributed by atoms with Gasteiger partial charge in [-0.3, -0.25) is 0 Å². The third-order valence-corrected chi connectivity index (χ3v) is 0.563. The van der Waals surface area contributed by atoms with Gasteiger partial charge in [0.2, 0.25) is 0 Å². The van der Waals surface area contributed by atoms with Crippen LogP contribution in [0.3, 0.4) is 0 Å². The Kier molecular flexibility index (Phi) is 4.27. The number of ether oxygens (including phenoxy) is 1. The molecule has 0 N–H and O–H groups in total. The van der Waals surface area contributed by atoms with Crippen molar-refractivity contribution in [3.8, 4) is 0 Å². The van der Waals surface area contributed by atoms with Gasteiger partial charge >= 0.3 is 0 Å². The van der Waals surface area contributed by atoms with Crippen molar-refractivity contribution in [1.82, 2.24) is 0 Å². The highest BCUT2D eigenvalue weighted by Gasteiger charge is 1.81. The molecule has 0 heterocycles. The minimum atomic E-state index is 0.507. The Balaban J connectivity index is 2.93. The Morgan fingerprint density at radius 3 is 2.88 bits per heavy atom. The summed E-state index contributed by atoms with van der Waals surface area (Å²) in [5, 5.41) is 0. The quantitative estimate of drug-likeness (QED) is 0.395. The average molecular weight is 111 g/mol. The second-order valence-electron chi connectivity index (χ2n) is 1.71. The van der Waals surface area contributed by atoms with Crippen LogP contribution in [0.4, 0.5) is 0 Å². The first kappa shape index (κ1) is 7.44. The summed E-state index contributed by atoms with van der Waals surface area (Å²) < 4.78 is 4.96. The summed E-state index contributed by atoms with van der Waals surface area (Å²) in [5.41, 5.74) is 1.02. The summed E-state index contributed by atoms with van der Waals surface area (Å²) in [6.07, 6.45) is 1.48. The second-order valence-corrected chi connectivity index (χ2v) is 1.71. The van der Waals surface area contributed by atoms with Gasteiger partial charge in [0.15, 0.2) is 0 Å². The topological polar surface area (TPSA) is 9.23 Å². The molecule has 0 fully saturated rings. The monoisotopic (exact) mass is 111 g/mol. The van der Waals surface area contributed by atoms with E-state index in [2.05, 4.69) is 6.58 Å². The van der Waals surface area contributed by atoms with E-state index < -0.39 is 0 Å². The fourth-order valence-corrected chi connectivity index (χ4v) is 0.301. The molecule has 0 aromatic rings. The van der Waals surface area contributed by atoms with Crippen LogP contribution in [0.5, 0.6) is 0 Å². The van der Waals surface area contributed by atoms with E-state index in [1.54, 1.807) is 0 Å². The highest BCUT2D eigenvalue weighted by Crippen LogP contribution is 1.86. The molecule has 0 spiro atoms. The summed E-state index contributed by atoms with van der Waals surface area (Å²) in [4.78, 5) is 0. The highest BCUT2D eigenvalue weighted by atomic mass is 16.5. The van der Waals surface area contributed by atoms with Gasteiger partial charge in [-0.15, -0.1) is 0 Å². The largest absolute Gasteiger partial charge is 0.373 e. The van der Waals surface area contributed by atoms with E-state index in [1.165, 1.54) is 6.08 Å². The van der Waals surface area contributed by atoms with Crippen LogP contribution < -0.4 is 0 Å². The minimum Gasteiger partial charge on any atom is -0.373 e. The van der Waals surface area contributed by atoms with Crippen LogP contribution in [0.25, 0.3) is 0 Å². The lowest BCUT2D eigenvalue weighted by Gasteiger charge is -1.96. The molecular formula is C7H11O. The SMILES string of the molecule is [CH]=CCOCC(=C)C. The summed E-state index contributed by atoms with van der Waals surface area (Å²) in [6.45, 7) is 11.7. The molecule has 0 atom stereocenters. The average Bonchev–Trinajstić information content (AvgIpc) is 1.66. The number of rotatable bonds is 4. The fraction of sp³-hybridized carbons (Fsp3) is 0.429. The Morgan fingerprint density at radius 2 is 2.50 bits per heavy atom. The molecule has 0 amide bonds. The van der Waals surface area contributed by atoms with Gasteiger partial charge in [0.1, 0.15) is 0 Å². The summed E-state index contributed by atoms with van der Waals surface area (Å²) in [7, 11) is 0. The summed E-state index contributed by atoms with van der Waals surface area (Å²) in [6, 6.07) is 0. The standard InChI is InChI=1S/C7H11O/c1-4-5-8-6-7(2)3/h1,4H,2,5-6H2,3H3. The first-order chi connectivity index (χ1) is 3.77. The Labute approximate surface area is 50.7 Å².